The number of methoxy groups -OCH3 is 1. The van der Waals surface area contributed by atoms with Crippen LogP contribution < -0.4 is 4.74 Å². The van der Waals surface area contributed by atoms with Crippen LogP contribution >= 0.6 is 11.6 Å². The lowest BCUT2D eigenvalue weighted by atomic mass is 9.56. The highest BCUT2D eigenvalue weighted by molar-refractivity contribution is 6.31. The standard InChI is InChI=1S/C23H25ClN2O2/c1-26-9-8-22(15-4-3-5-17(10-15)28-2)13-21-19(12-23(22,27)14-26)18-7-6-16(24)11-20(18)25-21/h3-7,10-11,25,27H,8-9,12-14H2,1-2H3/t22-,23-/m0/s1. The minimum Gasteiger partial charge on any atom is -0.497 e. The lowest BCUT2D eigenvalue weighted by Gasteiger charge is -2.56. The molecule has 28 heavy (non-hydrogen) atoms. The van der Waals surface area contributed by atoms with Gasteiger partial charge in [-0.1, -0.05) is 29.8 Å². The molecule has 3 aromatic rings. The van der Waals surface area contributed by atoms with Crippen molar-refractivity contribution in [2.24, 2.45) is 0 Å². The minimum atomic E-state index is -0.839. The molecule has 1 fully saturated rings. The second-order valence-corrected chi connectivity index (χ2v) is 8.90. The predicted molar refractivity (Wildman–Crippen MR) is 112 cm³/mol. The van der Waals surface area contributed by atoms with Crippen molar-refractivity contribution in [3.05, 3.63) is 64.3 Å². The summed E-state index contributed by atoms with van der Waals surface area (Å²) in [5.74, 6) is 0.836. The Labute approximate surface area is 170 Å². The van der Waals surface area contributed by atoms with E-state index < -0.39 is 5.60 Å². The maximum Gasteiger partial charge on any atom is 0.119 e. The van der Waals surface area contributed by atoms with E-state index in [0.29, 0.717) is 13.0 Å². The fraction of sp³-hybridized carbons (Fsp3) is 0.391. The molecule has 0 spiro atoms. The van der Waals surface area contributed by atoms with Crippen LogP contribution in [0.3, 0.4) is 0 Å². The monoisotopic (exact) mass is 396 g/mol. The van der Waals surface area contributed by atoms with E-state index in [1.807, 2.05) is 24.3 Å². The molecule has 4 nitrogen and oxygen atoms in total. The molecule has 5 rings (SSSR count). The number of nitrogens with one attached hydrogen (secondary N) is 1. The second-order valence-electron chi connectivity index (χ2n) is 8.46. The number of nitrogens with zero attached hydrogens (tertiary/aromatic N) is 1. The number of halogens is 1. The van der Waals surface area contributed by atoms with Crippen molar-refractivity contribution in [2.75, 3.05) is 27.2 Å². The van der Waals surface area contributed by atoms with Gasteiger partial charge in [0.05, 0.1) is 12.7 Å². The van der Waals surface area contributed by atoms with E-state index in [1.165, 1.54) is 16.6 Å². The van der Waals surface area contributed by atoms with Gasteiger partial charge in [-0.15, -0.1) is 0 Å². The topological polar surface area (TPSA) is 48.5 Å². The fourth-order valence-corrected chi connectivity index (χ4v) is 5.61. The number of hydrogen-bond donors (Lipinski definition) is 2. The molecular weight excluding hydrogens is 372 g/mol. The molecule has 0 bridgehead atoms. The van der Waals surface area contributed by atoms with Crippen LogP contribution in [0.15, 0.2) is 42.5 Å². The Morgan fingerprint density at radius 2 is 2.04 bits per heavy atom. The van der Waals surface area contributed by atoms with Crippen molar-refractivity contribution in [3.63, 3.8) is 0 Å². The van der Waals surface area contributed by atoms with Gasteiger partial charge in [0.1, 0.15) is 5.75 Å². The van der Waals surface area contributed by atoms with Gasteiger partial charge in [-0.05, 0) is 55.4 Å². The molecule has 1 aromatic heterocycles. The molecule has 0 amide bonds. The number of rotatable bonds is 2. The first kappa shape index (κ1) is 18.0. The highest BCUT2D eigenvalue weighted by Crippen LogP contribution is 2.51. The van der Waals surface area contributed by atoms with Crippen LogP contribution in [0.2, 0.25) is 5.02 Å². The SMILES string of the molecule is COc1cccc([C@@]23CCN(C)C[C@@]2(O)Cc2c([nH]c4cc(Cl)ccc24)C3)c1. The molecule has 2 N–H and O–H groups in total. The Kier molecular flexibility index (Phi) is 4.02. The van der Waals surface area contributed by atoms with Crippen molar-refractivity contribution in [3.8, 4) is 5.75 Å². The van der Waals surface area contributed by atoms with Gasteiger partial charge in [0.2, 0.25) is 0 Å². The molecule has 2 atom stereocenters. The van der Waals surface area contributed by atoms with E-state index in [-0.39, 0.29) is 5.41 Å². The molecule has 0 radical (unpaired) electrons. The van der Waals surface area contributed by atoms with Gasteiger partial charge in [-0.2, -0.15) is 0 Å². The van der Waals surface area contributed by atoms with E-state index in [4.69, 9.17) is 16.3 Å². The number of ether oxygens (including phenoxy) is 1. The van der Waals surface area contributed by atoms with Crippen LogP contribution in [0, 0.1) is 0 Å². The maximum absolute atomic E-state index is 12.1. The second kappa shape index (κ2) is 6.24. The molecule has 1 aliphatic carbocycles. The Hall–Kier alpha value is -2.01. The van der Waals surface area contributed by atoms with Gasteiger partial charge >= 0.3 is 0 Å². The van der Waals surface area contributed by atoms with Crippen molar-refractivity contribution in [1.82, 2.24) is 9.88 Å². The summed E-state index contributed by atoms with van der Waals surface area (Å²) in [7, 11) is 3.79. The molecule has 0 saturated carbocycles. The third kappa shape index (κ3) is 2.52. The molecule has 5 heteroatoms. The lowest BCUT2D eigenvalue weighted by Crippen LogP contribution is -2.65. The van der Waals surface area contributed by atoms with E-state index >= 15 is 0 Å². The lowest BCUT2D eigenvalue weighted by molar-refractivity contribution is -0.0972. The predicted octanol–water partition coefficient (Wildman–Crippen LogP) is 3.93. The average Bonchev–Trinajstić information content (AvgIpc) is 3.01. The number of likely N-dealkylation sites (tertiary alicyclic amines) is 1. The van der Waals surface area contributed by atoms with E-state index in [0.717, 1.165) is 41.2 Å². The largest absolute Gasteiger partial charge is 0.497 e. The third-order valence-electron chi connectivity index (χ3n) is 6.87. The number of aromatic amines is 1. The number of hydrogen-bond acceptors (Lipinski definition) is 3. The molecule has 0 unspecified atom stereocenters. The Morgan fingerprint density at radius 1 is 1.18 bits per heavy atom. The molecule has 2 aliphatic rings. The van der Waals surface area contributed by atoms with Crippen molar-refractivity contribution in [1.29, 1.82) is 0 Å². The van der Waals surface area contributed by atoms with E-state index in [2.05, 4.69) is 35.1 Å². The van der Waals surface area contributed by atoms with Gasteiger partial charge in [0, 0.05) is 46.4 Å². The van der Waals surface area contributed by atoms with Crippen LogP contribution in [0.1, 0.15) is 23.2 Å². The molecule has 1 aliphatic heterocycles. The minimum absolute atomic E-state index is 0.342. The summed E-state index contributed by atoms with van der Waals surface area (Å²) < 4.78 is 5.49. The summed E-state index contributed by atoms with van der Waals surface area (Å²) >= 11 is 6.22. The first-order chi connectivity index (χ1) is 13.4. The average molecular weight is 397 g/mol. The highest BCUT2D eigenvalue weighted by Gasteiger charge is 2.57. The van der Waals surface area contributed by atoms with Crippen LogP contribution in [-0.2, 0) is 18.3 Å². The molecule has 146 valence electrons. The Balaban J connectivity index is 1.71. The fourth-order valence-electron chi connectivity index (χ4n) is 5.44. The number of piperidine rings is 1. The Morgan fingerprint density at radius 3 is 2.86 bits per heavy atom. The zero-order valence-electron chi connectivity index (χ0n) is 16.3. The maximum atomic E-state index is 12.1. The zero-order valence-corrected chi connectivity index (χ0v) is 17.0. The van der Waals surface area contributed by atoms with Gasteiger partial charge < -0.3 is 19.7 Å². The van der Waals surface area contributed by atoms with Gasteiger partial charge in [-0.3, -0.25) is 0 Å². The summed E-state index contributed by atoms with van der Waals surface area (Å²) in [6.45, 7) is 1.62. The quantitative estimate of drug-likeness (QED) is 0.690. The first-order valence-corrected chi connectivity index (χ1v) is 10.2. The van der Waals surface area contributed by atoms with Crippen molar-refractivity contribution >= 4 is 22.5 Å². The smallest absolute Gasteiger partial charge is 0.119 e. The van der Waals surface area contributed by atoms with Crippen LogP contribution in [0.5, 0.6) is 5.75 Å². The number of benzene rings is 2. The van der Waals surface area contributed by atoms with Crippen LogP contribution in [0.25, 0.3) is 10.9 Å². The molecular formula is C23H25ClN2O2. The van der Waals surface area contributed by atoms with Crippen LogP contribution in [-0.4, -0.2) is 47.8 Å². The molecule has 1 saturated heterocycles. The summed E-state index contributed by atoms with van der Waals surface area (Å²) in [5, 5.41) is 14.0. The summed E-state index contributed by atoms with van der Waals surface area (Å²) in [6, 6.07) is 14.2. The normalized spacial score (nSPS) is 27.4. The number of aliphatic hydroxyl groups is 1. The van der Waals surface area contributed by atoms with Gasteiger partial charge in [0.15, 0.2) is 0 Å². The highest BCUT2D eigenvalue weighted by atomic mass is 35.5. The number of fused-ring (bicyclic) bond motifs is 4. The van der Waals surface area contributed by atoms with E-state index in [9.17, 15) is 5.11 Å². The third-order valence-corrected chi connectivity index (χ3v) is 7.10. The van der Waals surface area contributed by atoms with Crippen molar-refractivity contribution < 1.29 is 9.84 Å². The summed E-state index contributed by atoms with van der Waals surface area (Å²) in [4.78, 5) is 5.85. The molecule has 2 aromatic carbocycles. The zero-order chi connectivity index (χ0) is 19.5. The number of β-amino-alcohol motifs (C(OH)–C–C–N with tert-alkyl or cyclic N) is 1. The first-order valence-electron chi connectivity index (χ1n) is 9.79. The number of aromatic nitrogens is 1. The van der Waals surface area contributed by atoms with E-state index in [1.54, 1.807) is 7.11 Å². The number of H-pyrrole nitrogens is 1. The number of likely N-dealkylation sites (N-methyl/N-ethyl adjacent to an activating group) is 1. The Bertz CT molecular complexity index is 1060. The van der Waals surface area contributed by atoms with Crippen LogP contribution in [0.4, 0.5) is 0 Å². The van der Waals surface area contributed by atoms with Gasteiger partial charge in [0.25, 0.3) is 0 Å². The molecule has 2 heterocycles. The van der Waals surface area contributed by atoms with Gasteiger partial charge in [-0.25, -0.2) is 0 Å². The van der Waals surface area contributed by atoms with Crippen molar-refractivity contribution in [2.45, 2.75) is 30.3 Å². The summed E-state index contributed by atoms with van der Waals surface area (Å²) in [6.07, 6.45) is 2.32. The summed E-state index contributed by atoms with van der Waals surface area (Å²) in [5.41, 5.74) is 3.47.